The second kappa shape index (κ2) is 4.15. The molecular formula is C11H9NOS. The van der Waals surface area contributed by atoms with Gasteiger partial charge in [-0.25, -0.2) is 0 Å². The number of hydrogen-bond acceptors (Lipinski definition) is 3. The van der Waals surface area contributed by atoms with Gasteiger partial charge in [0.25, 0.3) is 0 Å². The van der Waals surface area contributed by atoms with Crippen LogP contribution in [0.4, 0.5) is 0 Å². The quantitative estimate of drug-likeness (QED) is 0.757. The van der Waals surface area contributed by atoms with Crippen LogP contribution in [-0.2, 0) is 0 Å². The summed E-state index contributed by atoms with van der Waals surface area (Å²) in [5, 5.41) is 0. The van der Waals surface area contributed by atoms with Crippen LogP contribution in [0.3, 0.4) is 0 Å². The molecule has 0 fully saturated rings. The molecule has 0 N–H and O–H groups in total. The van der Waals surface area contributed by atoms with E-state index in [1.807, 2.05) is 36.4 Å². The molecule has 0 bridgehead atoms. The number of thiol groups is 1. The first-order valence-electron chi connectivity index (χ1n) is 4.21. The largest absolute Gasteiger partial charge is 0.456 e. The van der Waals surface area contributed by atoms with Crippen LogP contribution in [0.25, 0.3) is 0 Å². The fourth-order valence-corrected chi connectivity index (χ4v) is 1.21. The van der Waals surface area contributed by atoms with Gasteiger partial charge in [0, 0.05) is 11.1 Å². The number of aromatic nitrogens is 1. The topological polar surface area (TPSA) is 22.1 Å². The van der Waals surface area contributed by atoms with Gasteiger partial charge in [-0.15, -0.1) is 12.6 Å². The second-order valence-electron chi connectivity index (χ2n) is 2.78. The van der Waals surface area contributed by atoms with Gasteiger partial charge in [-0.05, 0) is 36.4 Å². The summed E-state index contributed by atoms with van der Waals surface area (Å²) >= 11 is 4.19. The van der Waals surface area contributed by atoms with Gasteiger partial charge in [0.15, 0.2) is 0 Å². The highest BCUT2D eigenvalue weighted by Crippen LogP contribution is 2.21. The van der Waals surface area contributed by atoms with Crippen LogP contribution in [0.5, 0.6) is 11.5 Å². The van der Waals surface area contributed by atoms with Crippen molar-refractivity contribution in [2.75, 3.05) is 0 Å². The first-order valence-corrected chi connectivity index (χ1v) is 4.66. The molecule has 0 aliphatic carbocycles. The zero-order valence-electron chi connectivity index (χ0n) is 7.42. The highest BCUT2D eigenvalue weighted by atomic mass is 32.1. The predicted octanol–water partition coefficient (Wildman–Crippen LogP) is 3.16. The fraction of sp³-hybridized carbons (Fsp3) is 0. The molecule has 2 aromatic rings. The Morgan fingerprint density at radius 1 is 1.00 bits per heavy atom. The Labute approximate surface area is 88.0 Å². The van der Waals surface area contributed by atoms with Crippen LogP contribution in [-0.4, -0.2) is 4.98 Å². The Morgan fingerprint density at radius 3 is 2.43 bits per heavy atom. The van der Waals surface area contributed by atoms with Crippen molar-refractivity contribution >= 4 is 12.6 Å². The van der Waals surface area contributed by atoms with E-state index in [0.29, 0.717) is 0 Å². The number of ether oxygens (including phenoxy) is 1. The number of pyridine rings is 1. The molecule has 0 radical (unpaired) electrons. The first kappa shape index (κ1) is 9.09. The molecule has 0 saturated carbocycles. The zero-order valence-corrected chi connectivity index (χ0v) is 8.32. The summed E-state index contributed by atoms with van der Waals surface area (Å²) in [6.45, 7) is 0. The highest BCUT2D eigenvalue weighted by Gasteiger charge is 1.95. The molecule has 3 heteroatoms. The molecule has 14 heavy (non-hydrogen) atoms. The van der Waals surface area contributed by atoms with Gasteiger partial charge in [0.2, 0.25) is 0 Å². The lowest BCUT2D eigenvalue weighted by Crippen LogP contribution is -1.83. The lowest BCUT2D eigenvalue weighted by molar-refractivity contribution is 0.480. The van der Waals surface area contributed by atoms with Crippen molar-refractivity contribution in [1.29, 1.82) is 0 Å². The molecule has 0 aliphatic rings. The summed E-state index contributed by atoms with van der Waals surface area (Å²) in [5.74, 6) is 1.52. The average Bonchev–Trinajstić information content (AvgIpc) is 2.23. The van der Waals surface area contributed by atoms with E-state index in [4.69, 9.17) is 4.74 Å². The monoisotopic (exact) mass is 203 g/mol. The third-order valence-corrected chi connectivity index (χ3v) is 2.00. The van der Waals surface area contributed by atoms with E-state index in [9.17, 15) is 0 Å². The first-order chi connectivity index (χ1) is 6.84. The maximum atomic E-state index is 5.54. The number of benzene rings is 1. The van der Waals surface area contributed by atoms with Gasteiger partial charge >= 0.3 is 0 Å². The molecular weight excluding hydrogens is 194 g/mol. The van der Waals surface area contributed by atoms with Crippen molar-refractivity contribution in [2.24, 2.45) is 0 Å². The molecule has 0 amide bonds. The van der Waals surface area contributed by atoms with Crippen LogP contribution in [0, 0.1) is 0 Å². The van der Waals surface area contributed by atoms with Crippen molar-refractivity contribution in [3.63, 3.8) is 0 Å². The zero-order chi connectivity index (χ0) is 9.80. The molecule has 0 spiro atoms. The van der Waals surface area contributed by atoms with E-state index in [0.717, 1.165) is 16.4 Å². The Kier molecular flexibility index (Phi) is 2.70. The summed E-state index contributed by atoms with van der Waals surface area (Å²) in [6, 6.07) is 11.2. The molecule has 2 nitrogen and oxygen atoms in total. The van der Waals surface area contributed by atoms with Crippen molar-refractivity contribution < 1.29 is 4.74 Å². The number of hydrogen-bond donors (Lipinski definition) is 1. The average molecular weight is 203 g/mol. The highest BCUT2D eigenvalue weighted by molar-refractivity contribution is 7.80. The van der Waals surface area contributed by atoms with Gasteiger partial charge in [-0.1, -0.05) is 0 Å². The van der Waals surface area contributed by atoms with Crippen LogP contribution >= 0.6 is 12.6 Å². The normalized spacial score (nSPS) is 9.79. The van der Waals surface area contributed by atoms with Crippen molar-refractivity contribution in [1.82, 2.24) is 4.98 Å². The van der Waals surface area contributed by atoms with E-state index < -0.39 is 0 Å². The predicted molar refractivity (Wildman–Crippen MR) is 58.0 cm³/mol. The summed E-state index contributed by atoms with van der Waals surface area (Å²) in [7, 11) is 0. The maximum Gasteiger partial charge on any atom is 0.145 e. The van der Waals surface area contributed by atoms with E-state index >= 15 is 0 Å². The van der Waals surface area contributed by atoms with Crippen LogP contribution in [0.2, 0.25) is 0 Å². The Hall–Kier alpha value is -1.48. The smallest absolute Gasteiger partial charge is 0.145 e. The summed E-state index contributed by atoms with van der Waals surface area (Å²) in [4.78, 5) is 4.88. The van der Waals surface area contributed by atoms with E-state index in [1.165, 1.54) is 0 Å². The van der Waals surface area contributed by atoms with Crippen LogP contribution in [0.1, 0.15) is 0 Å². The van der Waals surface area contributed by atoms with Crippen molar-refractivity contribution in [2.45, 2.75) is 4.90 Å². The summed E-state index contributed by atoms with van der Waals surface area (Å²) < 4.78 is 5.54. The molecule has 1 heterocycles. The Bertz CT molecular complexity index is 399. The molecule has 0 aliphatic heterocycles. The molecule has 2 rings (SSSR count). The van der Waals surface area contributed by atoms with E-state index in [2.05, 4.69) is 17.6 Å². The minimum absolute atomic E-state index is 0.736. The van der Waals surface area contributed by atoms with Gasteiger partial charge in [-0.2, -0.15) is 0 Å². The Morgan fingerprint density at radius 2 is 1.79 bits per heavy atom. The Balaban J connectivity index is 2.16. The fourth-order valence-electron chi connectivity index (χ4n) is 1.06. The maximum absolute atomic E-state index is 5.54. The van der Waals surface area contributed by atoms with E-state index in [-0.39, 0.29) is 0 Å². The lowest BCUT2D eigenvalue weighted by Gasteiger charge is -2.04. The minimum atomic E-state index is 0.736. The minimum Gasteiger partial charge on any atom is -0.456 e. The van der Waals surface area contributed by atoms with Crippen molar-refractivity contribution in [3.05, 3.63) is 48.8 Å². The van der Waals surface area contributed by atoms with Crippen LogP contribution in [0.15, 0.2) is 53.7 Å². The molecule has 1 aromatic heterocycles. The van der Waals surface area contributed by atoms with Gasteiger partial charge in [0.05, 0.1) is 6.20 Å². The summed E-state index contributed by atoms with van der Waals surface area (Å²) in [5.41, 5.74) is 0. The lowest BCUT2D eigenvalue weighted by atomic mass is 10.3. The SMILES string of the molecule is Sc1ccc(Oc2cccnc2)cc1. The van der Waals surface area contributed by atoms with Crippen LogP contribution < -0.4 is 4.74 Å². The van der Waals surface area contributed by atoms with Gasteiger partial charge < -0.3 is 4.74 Å². The molecule has 0 unspecified atom stereocenters. The summed E-state index contributed by atoms with van der Waals surface area (Å²) in [6.07, 6.45) is 3.39. The van der Waals surface area contributed by atoms with E-state index in [1.54, 1.807) is 12.4 Å². The second-order valence-corrected chi connectivity index (χ2v) is 3.30. The van der Waals surface area contributed by atoms with Crippen molar-refractivity contribution in [3.8, 4) is 11.5 Å². The molecule has 0 atom stereocenters. The van der Waals surface area contributed by atoms with Gasteiger partial charge in [-0.3, -0.25) is 4.98 Å². The third kappa shape index (κ3) is 2.26. The van der Waals surface area contributed by atoms with Gasteiger partial charge in [0.1, 0.15) is 11.5 Å². The molecule has 70 valence electrons. The molecule has 0 saturated heterocycles. The standard InChI is InChI=1S/C11H9NOS/c14-11-5-3-9(4-6-11)13-10-2-1-7-12-8-10/h1-8,14H. The number of nitrogens with zero attached hydrogens (tertiary/aromatic N) is 1. The number of rotatable bonds is 2. The molecule has 1 aromatic carbocycles. The third-order valence-electron chi connectivity index (χ3n) is 1.71.